The highest BCUT2D eigenvalue weighted by Crippen LogP contribution is 2.40. The smallest absolute Gasteiger partial charge is 0.303 e. The summed E-state index contributed by atoms with van der Waals surface area (Å²) in [4.78, 5) is 13.2. The maximum absolute atomic E-state index is 10.9. The van der Waals surface area contributed by atoms with Gasteiger partial charge in [-0.15, -0.1) is 0 Å². The minimum Gasteiger partial charge on any atom is -0.481 e. The third kappa shape index (κ3) is 2.53. The molecule has 3 nitrogen and oxygen atoms in total. The van der Waals surface area contributed by atoms with Gasteiger partial charge in [-0.1, -0.05) is 15.9 Å². The average Bonchev–Trinajstić information content (AvgIpc) is 2.56. The number of hydrogen-bond acceptors (Lipinski definition) is 2. The molecule has 1 aromatic rings. The van der Waals surface area contributed by atoms with Gasteiger partial charge >= 0.3 is 5.97 Å². The van der Waals surface area contributed by atoms with Crippen LogP contribution in [0.3, 0.4) is 0 Å². The molecule has 1 atom stereocenters. The van der Waals surface area contributed by atoms with Crippen molar-refractivity contribution in [3.8, 4) is 0 Å². The second-order valence-electron chi connectivity index (χ2n) is 5.37. The van der Waals surface area contributed by atoms with E-state index in [9.17, 15) is 4.79 Å². The molecular formula is C14H18BrNO2. The van der Waals surface area contributed by atoms with E-state index >= 15 is 0 Å². The molecule has 0 aliphatic carbocycles. The van der Waals surface area contributed by atoms with E-state index in [2.05, 4.69) is 46.8 Å². The summed E-state index contributed by atoms with van der Waals surface area (Å²) < 4.78 is 1.06. The fraction of sp³-hybridized carbons (Fsp3) is 0.500. The van der Waals surface area contributed by atoms with Crippen LogP contribution < -0.4 is 4.90 Å². The van der Waals surface area contributed by atoms with Crippen molar-refractivity contribution in [2.75, 3.05) is 11.4 Å². The van der Waals surface area contributed by atoms with Gasteiger partial charge in [0.25, 0.3) is 0 Å². The van der Waals surface area contributed by atoms with Crippen molar-refractivity contribution in [2.45, 2.75) is 32.2 Å². The van der Waals surface area contributed by atoms with Crippen LogP contribution in [0.4, 0.5) is 5.69 Å². The maximum atomic E-state index is 10.9. The molecule has 18 heavy (non-hydrogen) atoms. The number of carbonyl (C=O) groups is 1. The van der Waals surface area contributed by atoms with Crippen LogP contribution >= 0.6 is 15.9 Å². The first-order valence-corrected chi connectivity index (χ1v) is 6.95. The molecule has 1 saturated heterocycles. The molecule has 4 heteroatoms. The Morgan fingerprint density at radius 1 is 1.44 bits per heavy atom. The van der Waals surface area contributed by atoms with Crippen molar-refractivity contribution in [3.63, 3.8) is 0 Å². The molecule has 0 spiro atoms. The first-order chi connectivity index (χ1) is 8.41. The van der Waals surface area contributed by atoms with E-state index in [4.69, 9.17) is 5.11 Å². The number of halogens is 1. The second-order valence-corrected chi connectivity index (χ2v) is 6.28. The molecule has 0 bridgehead atoms. The van der Waals surface area contributed by atoms with Crippen LogP contribution in [0.25, 0.3) is 0 Å². The molecule has 98 valence electrons. The zero-order valence-electron chi connectivity index (χ0n) is 10.7. The Balaban J connectivity index is 2.20. The summed E-state index contributed by atoms with van der Waals surface area (Å²) in [7, 11) is 0. The lowest BCUT2D eigenvalue weighted by atomic mass is 9.85. The zero-order valence-corrected chi connectivity index (χ0v) is 12.3. The molecule has 1 fully saturated rings. The minimum atomic E-state index is -0.703. The first kappa shape index (κ1) is 13.4. The summed E-state index contributed by atoms with van der Waals surface area (Å²) in [5, 5.41) is 8.97. The average molecular weight is 312 g/mol. The summed E-state index contributed by atoms with van der Waals surface area (Å²) in [6, 6.07) is 8.20. The summed E-state index contributed by atoms with van der Waals surface area (Å²) in [6.45, 7) is 5.19. The lowest BCUT2D eigenvalue weighted by Crippen LogP contribution is -2.43. The van der Waals surface area contributed by atoms with Crippen molar-refractivity contribution in [2.24, 2.45) is 5.92 Å². The van der Waals surface area contributed by atoms with Crippen LogP contribution in [0.5, 0.6) is 0 Å². The number of aliphatic carboxylic acids is 1. The molecule has 1 aliphatic heterocycles. The van der Waals surface area contributed by atoms with Gasteiger partial charge in [0.05, 0.1) is 6.42 Å². The highest BCUT2D eigenvalue weighted by atomic mass is 79.9. The molecule has 0 saturated carbocycles. The number of carboxylic acid groups (broad SMARTS) is 1. The zero-order chi connectivity index (χ0) is 13.3. The molecule has 0 amide bonds. The van der Waals surface area contributed by atoms with E-state index in [0.717, 1.165) is 23.1 Å². The molecule has 1 aliphatic rings. The van der Waals surface area contributed by atoms with Gasteiger partial charge in [-0.05, 0) is 50.5 Å². The molecule has 1 aromatic carbocycles. The third-order valence-corrected chi connectivity index (χ3v) is 4.48. The van der Waals surface area contributed by atoms with Crippen molar-refractivity contribution in [1.29, 1.82) is 0 Å². The quantitative estimate of drug-likeness (QED) is 0.928. The summed E-state index contributed by atoms with van der Waals surface area (Å²) in [6.07, 6.45) is 1.19. The van der Waals surface area contributed by atoms with E-state index in [1.807, 2.05) is 12.1 Å². The first-order valence-electron chi connectivity index (χ1n) is 6.16. The Labute approximate surface area is 116 Å². The Morgan fingerprint density at radius 3 is 2.61 bits per heavy atom. The highest BCUT2D eigenvalue weighted by Gasteiger charge is 2.42. The summed E-state index contributed by atoms with van der Waals surface area (Å²) >= 11 is 3.43. The van der Waals surface area contributed by atoms with E-state index in [-0.39, 0.29) is 17.9 Å². The number of anilines is 1. The van der Waals surface area contributed by atoms with Gasteiger partial charge in [-0.25, -0.2) is 0 Å². The molecule has 0 radical (unpaired) electrons. The number of nitrogens with zero attached hydrogens (tertiary/aromatic N) is 1. The number of hydrogen-bond donors (Lipinski definition) is 1. The second kappa shape index (κ2) is 4.92. The number of rotatable bonds is 3. The summed E-state index contributed by atoms with van der Waals surface area (Å²) in [5.74, 6) is -0.496. The Kier molecular flexibility index (Phi) is 3.66. The van der Waals surface area contributed by atoms with E-state index in [0.29, 0.717) is 0 Å². The van der Waals surface area contributed by atoms with Gasteiger partial charge in [0.2, 0.25) is 0 Å². The number of benzene rings is 1. The Morgan fingerprint density at radius 2 is 2.06 bits per heavy atom. The van der Waals surface area contributed by atoms with Crippen LogP contribution in [0.2, 0.25) is 0 Å². The Hall–Kier alpha value is -1.03. The molecule has 0 aromatic heterocycles. The fourth-order valence-corrected chi connectivity index (χ4v) is 3.06. The van der Waals surface area contributed by atoms with Crippen LogP contribution in [0, 0.1) is 5.92 Å². The highest BCUT2D eigenvalue weighted by molar-refractivity contribution is 9.10. The van der Waals surface area contributed by atoms with Crippen LogP contribution in [0.1, 0.15) is 26.7 Å². The number of carboxylic acids is 1. The van der Waals surface area contributed by atoms with Crippen molar-refractivity contribution >= 4 is 27.6 Å². The van der Waals surface area contributed by atoms with E-state index in [1.165, 1.54) is 0 Å². The Bertz CT molecular complexity index is 442. The van der Waals surface area contributed by atoms with Crippen molar-refractivity contribution < 1.29 is 9.90 Å². The van der Waals surface area contributed by atoms with Gasteiger partial charge in [0.1, 0.15) is 0 Å². The molecular weight excluding hydrogens is 294 g/mol. The van der Waals surface area contributed by atoms with Gasteiger partial charge in [-0.3, -0.25) is 4.79 Å². The normalized spacial score (nSPS) is 22.2. The predicted octanol–water partition coefficient (Wildman–Crippen LogP) is 3.53. The standard InChI is InChI=1S/C14H18BrNO2/c1-14(2)10(9-13(17)18)7-8-16(14)12-5-3-11(15)4-6-12/h3-6,10H,7-9H2,1-2H3,(H,17,18). The van der Waals surface area contributed by atoms with Crippen molar-refractivity contribution in [3.05, 3.63) is 28.7 Å². The lowest BCUT2D eigenvalue weighted by Gasteiger charge is -2.37. The van der Waals surface area contributed by atoms with Gasteiger partial charge in [-0.2, -0.15) is 0 Å². The maximum Gasteiger partial charge on any atom is 0.303 e. The molecule has 1 N–H and O–H groups in total. The van der Waals surface area contributed by atoms with Crippen LogP contribution in [0.15, 0.2) is 28.7 Å². The monoisotopic (exact) mass is 311 g/mol. The lowest BCUT2D eigenvalue weighted by molar-refractivity contribution is -0.138. The van der Waals surface area contributed by atoms with Crippen LogP contribution in [-0.2, 0) is 4.79 Å². The largest absolute Gasteiger partial charge is 0.481 e. The van der Waals surface area contributed by atoms with Crippen LogP contribution in [-0.4, -0.2) is 23.2 Å². The SMILES string of the molecule is CC1(C)C(CC(=O)O)CCN1c1ccc(Br)cc1. The topological polar surface area (TPSA) is 40.5 Å². The van der Waals surface area contributed by atoms with Gasteiger partial charge in [0, 0.05) is 22.2 Å². The molecule has 2 rings (SSSR count). The van der Waals surface area contributed by atoms with Gasteiger partial charge < -0.3 is 10.0 Å². The van der Waals surface area contributed by atoms with E-state index in [1.54, 1.807) is 0 Å². The summed E-state index contributed by atoms with van der Waals surface area (Å²) in [5.41, 5.74) is 1.06. The van der Waals surface area contributed by atoms with Gasteiger partial charge in [0.15, 0.2) is 0 Å². The van der Waals surface area contributed by atoms with E-state index < -0.39 is 5.97 Å². The minimum absolute atomic E-state index is 0.105. The predicted molar refractivity (Wildman–Crippen MR) is 75.9 cm³/mol. The van der Waals surface area contributed by atoms with Crippen molar-refractivity contribution in [1.82, 2.24) is 0 Å². The third-order valence-electron chi connectivity index (χ3n) is 3.96. The molecule has 1 unspecified atom stereocenters. The molecule has 1 heterocycles. The fourth-order valence-electron chi connectivity index (χ4n) is 2.79.